The van der Waals surface area contributed by atoms with Gasteiger partial charge in [-0.1, -0.05) is 0 Å². The summed E-state index contributed by atoms with van der Waals surface area (Å²) in [5.74, 6) is 0. The van der Waals surface area contributed by atoms with Crippen molar-refractivity contribution in [3.8, 4) is 55.6 Å². The first-order valence-corrected chi connectivity index (χ1v) is 11.5. The second-order valence-electron chi connectivity index (χ2n) is 8.17. The summed E-state index contributed by atoms with van der Waals surface area (Å²) in [6.07, 6.45) is 0. The van der Waals surface area contributed by atoms with E-state index >= 15 is 0 Å². The average molecular weight is 893 g/mol. The summed E-state index contributed by atoms with van der Waals surface area (Å²) in [7, 11) is 0. The van der Waals surface area contributed by atoms with Crippen LogP contribution in [0.4, 0.5) is 0 Å². The molecule has 0 atom stereocenters. The van der Waals surface area contributed by atoms with Gasteiger partial charge in [0.1, 0.15) is 0 Å². The van der Waals surface area contributed by atoms with Crippen molar-refractivity contribution in [2.45, 2.75) is 0 Å². The fourth-order valence-electron chi connectivity index (χ4n) is 3.90. The third-order valence-corrected chi connectivity index (χ3v) is 5.85. The molecule has 0 N–H and O–H groups in total. The maximum Gasteiger partial charge on any atom is 0 e. The molecule has 0 aromatic heterocycles. The summed E-state index contributed by atoms with van der Waals surface area (Å²) in [5, 5.41) is 0. The molecule has 0 unspecified atom stereocenters. The fourth-order valence-corrected chi connectivity index (χ4v) is 3.90. The summed E-state index contributed by atoms with van der Waals surface area (Å²) in [4.78, 5) is 0. The van der Waals surface area contributed by atoms with E-state index in [0.29, 0.717) is 0 Å². The molecule has 41 heavy (non-hydrogen) atoms. The zero-order chi connectivity index (χ0) is 24.2. The number of hydrogen-bond donors (Lipinski definition) is 0. The topological polar surface area (TPSA) is 0 Å². The molecule has 5 radical (unpaired) electrons. The zero-order valence-corrected chi connectivity index (χ0v) is 36.3. The predicted molar refractivity (Wildman–Crippen MR) is 142 cm³/mol. The summed E-state index contributed by atoms with van der Waals surface area (Å²) in [5.41, 5.74) is 9.43. The van der Waals surface area contributed by atoms with Crippen LogP contribution in [0.25, 0.3) is 55.6 Å². The summed E-state index contributed by atoms with van der Waals surface area (Å²) >= 11 is 0. The molecule has 0 saturated carbocycles. The zero-order valence-electron chi connectivity index (χ0n) is 22.1. The third-order valence-electron chi connectivity index (χ3n) is 5.85. The molecular formula is C36H16Y5-10. The number of rotatable bonds is 5. The van der Waals surface area contributed by atoms with E-state index in [1.54, 1.807) is 0 Å². The van der Waals surface area contributed by atoms with E-state index < -0.39 is 0 Å². The predicted octanol–water partition coefficient (Wildman–Crippen LogP) is 8.01. The molecule has 185 valence electrons. The van der Waals surface area contributed by atoms with Crippen molar-refractivity contribution in [3.63, 3.8) is 0 Å². The van der Waals surface area contributed by atoms with Crippen LogP contribution in [-0.2, 0) is 164 Å². The minimum Gasteiger partial charge on any atom is -0.247 e. The summed E-state index contributed by atoms with van der Waals surface area (Å²) in [6, 6.07) is 64.2. The van der Waals surface area contributed by atoms with Crippen LogP contribution in [0.2, 0.25) is 0 Å². The van der Waals surface area contributed by atoms with E-state index in [1.807, 2.05) is 97.1 Å². The van der Waals surface area contributed by atoms with Crippen LogP contribution >= 0.6 is 0 Å². The molecule has 0 spiro atoms. The summed E-state index contributed by atoms with van der Waals surface area (Å²) < 4.78 is 0. The van der Waals surface area contributed by atoms with Gasteiger partial charge in [-0.05, 0) is 0 Å². The van der Waals surface area contributed by atoms with Gasteiger partial charge in [-0.15, -0.1) is 12.1 Å². The van der Waals surface area contributed by atoms with Crippen LogP contribution in [0.1, 0.15) is 0 Å². The Bertz CT molecular complexity index is 1440. The minimum atomic E-state index is 0. The van der Waals surface area contributed by atoms with Gasteiger partial charge in [-0.2, -0.15) is 48.5 Å². The van der Waals surface area contributed by atoms with Crippen LogP contribution in [0.5, 0.6) is 0 Å². The monoisotopic (exact) mass is 893 g/mol. The molecule has 5 heteroatoms. The molecule has 0 bridgehead atoms. The van der Waals surface area contributed by atoms with Crippen LogP contribution in [0.15, 0.2) is 97.1 Å². The van der Waals surface area contributed by atoms with Crippen LogP contribution < -0.4 is 0 Å². The molecule has 0 nitrogen and oxygen atoms in total. The Hall–Kier alpha value is 0.839. The fraction of sp³-hybridized carbons (Fsp3) is 0. The Balaban J connectivity index is 0.00000168. The van der Waals surface area contributed by atoms with Crippen molar-refractivity contribution in [2.24, 2.45) is 0 Å². The maximum atomic E-state index is 3.34. The Morgan fingerprint density at radius 2 is 0.463 bits per heavy atom. The van der Waals surface area contributed by atoms with Crippen LogP contribution in [-0.4, -0.2) is 0 Å². The Morgan fingerprint density at radius 3 is 0.634 bits per heavy atom. The average Bonchev–Trinajstić information content (AvgIpc) is 2.98. The standard InChI is InChI=1S/C36H16.5Y/c1-3-7-27(8-4-1)29-11-15-31(16-12-29)33-19-23-35(24-20-33)36-25-21-34(22-26-36)32-17-13-30(14-18-32)28-9-5-2-6-10-28;;;;;/h1-7,9,11,13,16,18-19,21,24,26H;;;;;/q-10;;;;;. The van der Waals surface area contributed by atoms with Gasteiger partial charge < -0.3 is 0 Å². The molecule has 0 saturated heterocycles. The van der Waals surface area contributed by atoms with E-state index in [0.717, 1.165) is 55.6 Å². The second kappa shape index (κ2) is 20.1. The van der Waals surface area contributed by atoms with Crippen molar-refractivity contribution >= 4 is 0 Å². The molecule has 0 heterocycles. The van der Waals surface area contributed by atoms with Crippen molar-refractivity contribution in [1.82, 2.24) is 0 Å². The molecular weight excluding hydrogens is 877 g/mol. The Kier molecular flexibility index (Phi) is 19.5. The first-order valence-electron chi connectivity index (χ1n) is 11.5. The van der Waals surface area contributed by atoms with Crippen LogP contribution in [0, 0.1) is 60.7 Å². The van der Waals surface area contributed by atoms with Gasteiger partial charge in [-0.25, -0.2) is 153 Å². The number of hydrogen-bond acceptors (Lipinski definition) is 0. The Morgan fingerprint density at radius 1 is 0.244 bits per heavy atom. The van der Waals surface area contributed by atoms with Crippen molar-refractivity contribution in [1.29, 1.82) is 0 Å². The molecule has 0 amide bonds. The smallest absolute Gasteiger partial charge is 0 e. The van der Waals surface area contributed by atoms with Gasteiger partial charge in [0.25, 0.3) is 0 Å². The molecule has 6 aromatic rings. The first kappa shape index (κ1) is 39.9. The molecule has 0 fully saturated rings. The molecule has 0 aliphatic rings. The molecule has 0 aliphatic carbocycles. The first-order chi connectivity index (χ1) is 17.8. The minimum absolute atomic E-state index is 0. The van der Waals surface area contributed by atoms with Gasteiger partial charge in [0, 0.05) is 164 Å². The maximum absolute atomic E-state index is 3.34. The largest absolute Gasteiger partial charge is 0.247 e. The quantitative estimate of drug-likeness (QED) is 0.154. The van der Waals surface area contributed by atoms with Crippen molar-refractivity contribution in [2.75, 3.05) is 0 Å². The third kappa shape index (κ3) is 10.4. The second-order valence-corrected chi connectivity index (χ2v) is 8.17. The SMILES string of the molecule is [Y].[Y].[Y].[Y].[Y].[c-]1cc(-c2[c-]cc(-c3[c-]cccc3)[c-]c2)[c-]cc1-c1[c-]cc(-c2[c-]cc(-c3[c-]cccc3)[c-]c2)[c-]c1. The molecule has 0 aliphatic heterocycles. The van der Waals surface area contributed by atoms with Gasteiger partial charge >= 0.3 is 0 Å². The van der Waals surface area contributed by atoms with E-state index in [1.165, 1.54) is 0 Å². The van der Waals surface area contributed by atoms with E-state index in [9.17, 15) is 0 Å². The van der Waals surface area contributed by atoms with Crippen LogP contribution in [0.3, 0.4) is 0 Å². The van der Waals surface area contributed by atoms with Gasteiger partial charge in [0.2, 0.25) is 0 Å². The van der Waals surface area contributed by atoms with E-state index in [-0.39, 0.29) is 164 Å². The number of benzene rings is 6. The van der Waals surface area contributed by atoms with E-state index in [2.05, 4.69) is 60.7 Å². The van der Waals surface area contributed by atoms with E-state index in [4.69, 9.17) is 0 Å². The van der Waals surface area contributed by atoms with Gasteiger partial charge in [0.05, 0.1) is 0 Å². The van der Waals surface area contributed by atoms with Crippen molar-refractivity contribution < 1.29 is 164 Å². The Labute approximate surface area is 370 Å². The van der Waals surface area contributed by atoms with Gasteiger partial charge in [-0.3, -0.25) is 0 Å². The van der Waals surface area contributed by atoms with Gasteiger partial charge in [0.15, 0.2) is 0 Å². The summed E-state index contributed by atoms with van der Waals surface area (Å²) in [6.45, 7) is 0. The normalized spacial score (nSPS) is 9.46. The molecule has 6 rings (SSSR count). The van der Waals surface area contributed by atoms with Crippen molar-refractivity contribution in [3.05, 3.63) is 158 Å². The molecule has 6 aromatic carbocycles.